The van der Waals surface area contributed by atoms with Crippen LogP contribution in [0, 0.1) is 19.8 Å². The summed E-state index contributed by atoms with van der Waals surface area (Å²) in [6, 6.07) is 6.35. The van der Waals surface area contributed by atoms with Crippen LogP contribution < -0.4 is 0 Å². The van der Waals surface area contributed by atoms with Gasteiger partial charge in [-0.05, 0) is 55.7 Å². The summed E-state index contributed by atoms with van der Waals surface area (Å²) in [5.41, 5.74) is 3.13. The fourth-order valence-corrected chi connectivity index (χ4v) is 2.56. The molecule has 82 valence electrons. The fourth-order valence-electron chi connectivity index (χ4n) is 2.56. The van der Waals surface area contributed by atoms with Gasteiger partial charge in [0.25, 0.3) is 0 Å². The lowest BCUT2D eigenvalue weighted by molar-refractivity contribution is 0.0407. The van der Waals surface area contributed by atoms with Crippen molar-refractivity contribution in [1.82, 2.24) is 0 Å². The summed E-state index contributed by atoms with van der Waals surface area (Å²) >= 11 is 0. The number of rotatable bonds is 1. The highest BCUT2D eigenvalue weighted by Crippen LogP contribution is 2.42. The predicted molar refractivity (Wildman–Crippen MR) is 62.8 cm³/mol. The molecule has 1 N–H and O–H groups in total. The summed E-state index contributed by atoms with van der Waals surface area (Å²) in [5, 5.41) is 10.5. The van der Waals surface area contributed by atoms with Crippen LogP contribution in [0.15, 0.2) is 18.2 Å². The second-order valence-corrected chi connectivity index (χ2v) is 5.18. The van der Waals surface area contributed by atoms with Gasteiger partial charge < -0.3 is 5.11 Å². The van der Waals surface area contributed by atoms with Crippen molar-refractivity contribution >= 4 is 0 Å². The van der Waals surface area contributed by atoms with E-state index in [1.54, 1.807) is 0 Å². The van der Waals surface area contributed by atoms with Crippen LogP contribution in [0.25, 0.3) is 0 Å². The first-order chi connectivity index (χ1) is 7.01. The van der Waals surface area contributed by atoms with E-state index in [-0.39, 0.29) is 0 Å². The van der Waals surface area contributed by atoms with E-state index in [1.165, 1.54) is 11.1 Å². The van der Waals surface area contributed by atoms with E-state index >= 15 is 0 Å². The van der Waals surface area contributed by atoms with Crippen LogP contribution in [0.3, 0.4) is 0 Å². The smallest absolute Gasteiger partial charge is 0.0899 e. The van der Waals surface area contributed by atoms with E-state index in [0.29, 0.717) is 5.92 Å². The lowest BCUT2D eigenvalue weighted by Crippen LogP contribution is -2.21. The van der Waals surface area contributed by atoms with Crippen LogP contribution >= 0.6 is 0 Å². The Balaban J connectivity index is 2.33. The van der Waals surface area contributed by atoms with Crippen molar-refractivity contribution in [2.45, 2.75) is 45.6 Å². The maximum atomic E-state index is 10.5. The molecule has 2 atom stereocenters. The average molecular weight is 204 g/mol. The van der Waals surface area contributed by atoms with Crippen LogP contribution in [-0.4, -0.2) is 5.11 Å². The molecule has 1 aromatic rings. The quantitative estimate of drug-likeness (QED) is 0.744. The van der Waals surface area contributed by atoms with Gasteiger partial charge >= 0.3 is 0 Å². The average Bonchev–Trinajstić information content (AvgIpc) is 2.52. The molecule has 1 aromatic carbocycles. The molecule has 0 radical (unpaired) electrons. The highest BCUT2D eigenvalue weighted by atomic mass is 16.3. The maximum Gasteiger partial charge on any atom is 0.0899 e. The molecule has 1 fully saturated rings. The summed E-state index contributed by atoms with van der Waals surface area (Å²) in [5.74, 6) is 0.650. The second kappa shape index (κ2) is 3.64. The summed E-state index contributed by atoms with van der Waals surface area (Å²) < 4.78 is 0. The Kier molecular flexibility index (Phi) is 2.59. The summed E-state index contributed by atoms with van der Waals surface area (Å²) in [6.45, 7) is 6.44. The molecule has 0 bridgehead atoms. The summed E-state index contributed by atoms with van der Waals surface area (Å²) in [4.78, 5) is 0. The SMILES string of the molecule is Cc1ccc(C2(O)CCC(C)C2)cc1C. The van der Waals surface area contributed by atoms with Crippen molar-refractivity contribution in [3.05, 3.63) is 34.9 Å². The highest BCUT2D eigenvalue weighted by molar-refractivity contribution is 5.33. The molecule has 1 aliphatic rings. The van der Waals surface area contributed by atoms with Gasteiger partial charge in [0.15, 0.2) is 0 Å². The van der Waals surface area contributed by atoms with Crippen molar-refractivity contribution in [2.24, 2.45) is 5.92 Å². The maximum absolute atomic E-state index is 10.5. The molecule has 0 heterocycles. The Hall–Kier alpha value is -0.820. The van der Waals surface area contributed by atoms with Gasteiger partial charge in [-0.2, -0.15) is 0 Å². The van der Waals surface area contributed by atoms with Gasteiger partial charge in [0, 0.05) is 0 Å². The molecule has 2 rings (SSSR count). The van der Waals surface area contributed by atoms with Gasteiger partial charge in [0.05, 0.1) is 5.60 Å². The number of benzene rings is 1. The molecule has 1 aliphatic carbocycles. The molecule has 0 spiro atoms. The van der Waals surface area contributed by atoms with Crippen LogP contribution in [0.4, 0.5) is 0 Å². The number of hydrogen-bond acceptors (Lipinski definition) is 1. The Morgan fingerprint density at radius 1 is 1.27 bits per heavy atom. The Morgan fingerprint density at radius 2 is 2.00 bits per heavy atom. The van der Waals surface area contributed by atoms with E-state index < -0.39 is 5.60 Å². The van der Waals surface area contributed by atoms with Gasteiger partial charge in [0.2, 0.25) is 0 Å². The molecular formula is C14H20O. The number of hydrogen-bond donors (Lipinski definition) is 1. The van der Waals surface area contributed by atoms with Crippen LogP contribution in [0.5, 0.6) is 0 Å². The first-order valence-corrected chi connectivity index (χ1v) is 5.81. The first kappa shape index (κ1) is 10.7. The van der Waals surface area contributed by atoms with Gasteiger partial charge in [0.1, 0.15) is 0 Å². The van der Waals surface area contributed by atoms with E-state index in [2.05, 4.69) is 39.0 Å². The zero-order valence-electron chi connectivity index (χ0n) is 9.88. The van der Waals surface area contributed by atoms with Gasteiger partial charge in [-0.3, -0.25) is 0 Å². The number of aliphatic hydroxyl groups is 1. The molecule has 1 heteroatoms. The van der Waals surface area contributed by atoms with Crippen molar-refractivity contribution in [3.8, 4) is 0 Å². The minimum absolute atomic E-state index is 0.558. The standard InChI is InChI=1S/C14H20O/c1-10-6-7-14(15,9-10)13-5-4-11(2)12(3)8-13/h4-5,8,10,15H,6-7,9H2,1-3H3. The monoisotopic (exact) mass is 204 g/mol. The second-order valence-electron chi connectivity index (χ2n) is 5.18. The molecule has 0 amide bonds. The van der Waals surface area contributed by atoms with Crippen molar-refractivity contribution < 1.29 is 5.11 Å². The molecule has 0 aliphatic heterocycles. The summed E-state index contributed by atoms with van der Waals surface area (Å²) in [6.07, 6.45) is 2.97. The normalized spacial score (nSPS) is 30.8. The zero-order valence-corrected chi connectivity index (χ0v) is 9.88. The van der Waals surface area contributed by atoms with E-state index in [4.69, 9.17) is 0 Å². The van der Waals surface area contributed by atoms with Crippen molar-refractivity contribution in [2.75, 3.05) is 0 Å². The lowest BCUT2D eigenvalue weighted by atomic mass is 9.89. The Bertz CT molecular complexity index is 370. The predicted octanol–water partition coefficient (Wildman–Crippen LogP) is 3.31. The molecule has 15 heavy (non-hydrogen) atoms. The largest absolute Gasteiger partial charge is 0.385 e. The molecule has 0 saturated heterocycles. The number of aryl methyl sites for hydroxylation is 2. The van der Waals surface area contributed by atoms with Crippen LogP contribution in [-0.2, 0) is 5.60 Å². The van der Waals surface area contributed by atoms with Crippen molar-refractivity contribution in [1.29, 1.82) is 0 Å². The van der Waals surface area contributed by atoms with E-state index in [1.807, 2.05) is 0 Å². The van der Waals surface area contributed by atoms with Gasteiger partial charge in [-0.25, -0.2) is 0 Å². The third-order valence-electron chi connectivity index (χ3n) is 3.78. The lowest BCUT2D eigenvalue weighted by Gasteiger charge is -2.24. The molecule has 1 saturated carbocycles. The third kappa shape index (κ3) is 1.93. The van der Waals surface area contributed by atoms with Gasteiger partial charge in [-0.15, -0.1) is 0 Å². The molecular weight excluding hydrogens is 184 g/mol. The molecule has 2 unspecified atom stereocenters. The minimum atomic E-state index is -0.558. The molecule has 1 nitrogen and oxygen atoms in total. The highest BCUT2D eigenvalue weighted by Gasteiger charge is 2.36. The first-order valence-electron chi connectivity index (χ1n) is 5.81. The minimum Gasteiger partial charge on any atom is -0.385 e. The zero-order chi connectivity index (χ0) is 11.1. The third-order valence-corrected chi connectivity index (χ3v) is 3.78. The Morgan fingerprint density at radius 3 is 2.53 bits per heavy atom. The molecule has 0 aromatic heterocycles. The van der Waals surface area contributed by atoms with Crippen LogP contribution in [0.2, 0.25) is 0 Å². The van der Waals surface area contributed by atoms with Gasteiger partial charge in [-0.1, -0.05) is 25.1 Å². The Labute approximate surface area is 92.1 Å². The van der Waals surface area contributed by atoms with E-state index in [0.717, 1.165) is 24.8 Å². The summed E-state index contributed by atoms with van der Waals surface area (Å²) in [7, 11) is 0. The van der Waals surface area contributed by atoms with Crippen molar-refractivity contribution in [3.63, 3.8) is 0 Å². The topological polar surface area (TPSA) is 20.2 Å². The van der Waals surface area contributed by atoms with Crippen LogP contribution in [0.1, 0.15) is 42.9 Å². The fraction of sp³-hybridized carbons (Fsp3) is 0.571. The van der Waals surface area contributed by atoms with E-state index in [9.17, 15) is 5.11 Å².